The Kier molecular flexibility index (Phi) is 2.87. The van der Waals surface area contributed by atoms with Gasteiger partial charge in [0.2, 0.25) is 5.91 Å². The molecule has 1 fully saturated rings. The summed E-state index contributed by atoms with van der Waals surface area (Å²) in [5.41, 5.74) is 0.461. The summed E-state index contributed by atoms with van der Waals surface area (Å²) in [4.78, 5) is 11.5. The summed E-state index contributed by atoms with van der Waals surface area (Å²) in [6.07, 6.45) is 0.453. The number of rotatable bonds is 3. The molecule has 15 heavy (non-hydrogen) atoms. The lowest BCUT2D eigenvalue weighted by Crippen LogP contribution is -2.31. The third-order valence-corrected chi connectivity index (χ3v) is 2.36. The molecule has 2 N–H and O–H groups in total. The molecule has 0 radical (unpaired) electrons. The molecule has 1 aliphatic rings. The fourth-order valence-corrected chi connectivity index (χ4v) is 1.45. The molecule has 1 aromatic carbocycles. The highest BCUT2D eigenvalue weighted by Gasteiger charge is 2.21. The highest BCUT2D eigenvalue weighted by Crippen LogP contribution is 2.22. The lowest BCUT2D eigenvalue weighted by Gasteiger charge is -2.25. The van der Waals surface area contributed by atoms with E-state index in [9.17, 15) is 9.90 Å². The van der Waals surface area contributed by atoms with Gasteiger partial charge in [0.1, 0.15) is 5.75 Å². The molecular weight excluding hydrogens is 194 g/mol. The van der Waals surface area contributed by atoms with E-state index in [-0.39, 0.29) is 11.7 Å². The van der Waals surface area contributed by atoms with Crippen LogP contribution in [0.25, 0.3) is 0 Å². The van der Waals surface area contributed by atoms with Gasteiger partial charge in [-0.25, -0.2) is 0 Å². The number of phenols is 1. The van der Waals surface area contributed by atoms with Gasteiger partial charge in [0, 0.05) is 12.3 Å². The fraction of sp³-hybridized carbons (Fsp3) is 0.364. The molecule has 1 amide bonds. The highest BCUT2D eigenvalue weighted by molar-refractivity contribution is 5.92. The molecule has 1 aromatic rings. The standard InChI is InChI=1S/C11H13NO3/c13-10-4-2-1-3-9(10)12-11(14)5-8-6-15-7-8/h1-4,8,13H,5-7H2,(H,12,14). The van der Waals surface area contributed by atoms with E-state index in [1.165, 1.54) is 0 Å². The van der Waals surface area contributed by atoms with Crippen LogP contribution in [0.2, 0.25) is 0 Å². The van der Waals surface area contributed by atoms with Gasteiger partial charge < -0.3 is 15.2 Å². The first-order valence-electron chi connectivity index (χ1n) is 4.91. The second-order valence-electron chi connectivity index (χ2n) is 3.67. The number of para-hydroxylation sites is 2. The van der Waals surface area contributed by atoms with Crippen molar-refractivity contribution in [2.75, 3.05) is 18.5 Å². The third-order valence-electron chi connectivity index (χ3n) is 2.36. The van der Waals surface area contributed by atoms with Gasteiger partial charge in [-0.15, -0.1) is 0 Å². The van der Waals surface area contributed by atoms with Crippen LogP contribution in [-0.4, -0.2) is 24.2 Å². The van der Waals surface area contributed by atoms with Crippen molar-refractivity contribution >= 4 is 11.6 Å². The van der Waals surface area contributed by atoms with E-state index >= 15 is 0 Å². The first kappa shape index (κ1) is 9.98. The van der Waals surface area contributed by atoms with Crippen LogP contribution in [0.4, 0.5) is 5.69 Å². The zero-order chi connectivity index (χ0) is 10.7. The monoisotopic (exact) mass is 207 g/mol. The second kappa shape index (κ2) is 4.31. The molecular formula is C11H13NO3. The molecule has 4 nitrogen and oxygen atoms in total. The van der Waals surface area contributed by atoms with Crippen molar-refractivity contribution in [3.05, 3.63) is 24.3 Å². The molecule has 0 saturated carbocycles. The van der Waals surface area contributed by atoms with Crippen molar-refractivity contribution in [2.45, 2.75) is 6.42 Å². The highest BCUT2D eigenvalue weighted by atomic mass is 16.5. The van der Waals surface area contributed by atoms with E-state index in [0.29, 0.717) is 31.2 Å². The minimum absolute atomic E-state index is 0.0789. The number of carbonyl (C=O) groups is 1. The van der Waals surface area contributed by atoms with Crippen LogP contribution in [0, 0.1) is 5.92 Å². The van der Waals surface area contributed by atoms with Crippen LogP contribution in [0.1, 0.15) is 6.42 Å². The zero-order valence-electron chi connectivity index (χ0n) is 8.27. The van der Waals surface area contributed by atoms with Gasteiger partial charge in [-0.3, -0.25) is 4.79 Å². The normalized spacial score (nSPS) is 15.7. The van der Waals surface area contributed by atoms with Crippen LogP contribution in [0.3, 0.4) is 0 Å². The SMILES string of the molecule is O=C(CC1COC1)Nc1ccccc1O. The largest absolute Gasteiger partial charge is 0.506 e. The maximum Gasteiger partial charge on any atom is 0.224 e. The third kappa shape index (κ3) is 2.47. The Balaban J connectivity index is 1.90. The first-order valence-corrected chi connectivity index (χ1v) is 4.91. The Labute approximate surface area is 87.9 Å². The summed E-state index contributed by atoms with van der Waals surface area (Å²) in [6.45, 7) is 1.32. The minimum atomic E-state index is -0.0789. The van der Waals surface area contributed by atoms with Crippen molar-refractivity contribution in [2.24, 2.45) is 5.92 Å². The van der Waals surface area contributed by atoms with Gasteiger partial charge in [-0.05, 0) is 12.1 Å². The molecule has 4 heteroatoms. The molecule has 0 bridgehead atoms. The predicted molar refractivity (Wildman–Crippen MR) is 55.7 cm³/mol. The number of ether oxygens (including phenoxy) is 1. The Morgan fingerprint density at radius 1 is 1.47 bits per heavy atom. The van der Waals surface area contributed by atoms with Gasteiger partial charge >= 0.3 is 0 Å². The molecule has 1 saturated heterocycles. The summed E-state index contributed by atoms with van der Waals surface area (Å²) in [7, 11) is 0. The van der Waals surface area contributed by atoms with E-state index in [2.05, 4.69) is 5.32 Å². The molecule has 0 aromatic heterocycles. The van der Waals surface area contributed by atoms with Crippen molar-refractivity contribution in [1.82, 2.24) is 0 Å². The minimum Gasteiger partial charge on any atom is -0.506 e. The van der Waals surface area contributed by atoms with Crippen LogP contribution in [-0.2, 0) is 9.53 Å². The molecule has 0 atom stereocenters. The molecule has 0 spiro atoms. The number of aromatic hydroxyl groups is 1. The molecule has 80 valence electrons. The molecule has 0 aliphatic carbocycles. The van der Waals surface area contributed by atoms with Crippen LogP contribution >= 0.6 is 0 Å². The fourth-order valence-electron chi connectivity index (χ4n) is 1.45. The number of anilines is 1. The Bertz CT molecular complexity index is 361. The van der Waals surface area contributed by atoms with Crippen molar-refractivity contribution in [1.29, 1.82) is 0 Å². The number of phenolic OH excluding ortho intramolecular Hbond substituents is 1. The number of nitrogens with one attached hydrogen (secondary N) is 1. The Morgan fingerprint density at radius 2 is 2.20 bits per heavy atom. The average Bonchev–Trinajstić information content (AvgIpc) is 2.16. The van der Waals surface area contributed by atoms with Gasteiger partial charge in [-0.2, -0.15) is 0 Å². The Morgan fingerprint density at radius 3 is 2.80 bits per heavy atom. The summed E-state index contributed by atoms with van der Waals surface area (Å²) >= 11 is 0. The number of carbonyl (C=O) groups excluding carboxylic acids is 1. The first-order chi connectivity index (χ1) is 7.25. The summed E-state index contributed by atoms with van der Waals surface area (Å²) in [5.74, 6) is 0.344. The van der Waals surface area contributed by atoms with Crippen molar-refractivity contribution in [3.8, 4) is 5.75 Å². The summed E-state index contributed by atoms with van der Waals surface area (Å²) < 4.78 is 4.98. The van der Waals surface area contributed by atoms with Gasteiger partial charge in [0.25, 0.3) is 0 Å². The molecule has 1 aliphatic heterocycles. The van der Waals surface area contributed by atoms with E-state index in [4.69, 9.17) is 4.74 Å². The number of hydrogen-bond donors (Lipinski definition) is 2. The number of amides is 1. The lowest BCUT2D eigenvalue weighted by atomic mass is 10.0. The van der Waals surface area contributed by atoms with Crippen molar-refractivity contribution < 1.29 is 14.6 Å². The average molecular weight is 207 g/mol. The van der Waals surface area contributed by atoms with E-state index in [0.717, 1.165) is 0 Å². The quantitative estimate of drug-likeness (QED) is 0.736. The smallest absolute Gasteiger partial charge is 0.224 e. The molecule has 0 unspecified atom stereocenters. The summed E-state index contributed by atoms with van der Waals surface area (Å²) in [5, 5.41) is 12.1. The van der Waals surface area contributed by atoms with Crippen LogP contribution in [0.15, 0.2) is 24.3 Å². The van der Waals surface area contributed by atoms with Crippen molar-refractivity contribution in [3.63, 3.8) is 0 Å². The van der Waals surface area contributed by atoms with E-state index in [1.807, 2.05) is 0 Å². The topological polar surface area (TPSA) is 58.6 Å². The summed E-state index contributed by atoms with van der Waals surface area (Å²) in [6, 6.07) is 6.69. The maximum atomic E-state index is 11.5. The maximum absolute atomic E-state index is 11.5. The number of hydrogen-bond acceptors (Lipinski definition) is 3. The number of benzene rings is 1. The molecule has 1 heterocycles. The van der Waals surface area contributed by atoms with Crippen LogP contribution in [0.5, 0.6) is 5.75 Å². The van der Waals surface area contributed by atoms with Gasteiger partial charge in [0.15, 0.2) is 0 Å². The second-order valence-corrected chi connectivity index (χ2v) is 3.67. The zero-order valence-corrected chi connectivity index (χ0v) is 8.27. The van der Waals surface area contributed by atoms with E-state index in [1.54, 1.807) is 24.3 Å². The Hall–Kier alpha value is -1.55. The predicted octanol–water partition coefficient (Wildman–Crippen LogP) is 1.37. The van der Waals surface area contributed by atoms with Gasteiger partial charge in [0.05, 0.1) is 18.9 Å². The van der Waals surface area contributed by atoms with Gasteiger partial charge in [-0.1, -0.05) is 12.1 Å². The van der Waals surface area contributed by atoms with Crippen LogP contribution < -0.4 is 5.32 Å². The molecule has 2 rings (SSSR count). The van der Waals surface area contributed by atoms with E-state index < -0.39 is 0 Å². The lowest BCUT2D eigenvalue weighted by molar-refractivity contribution is -0.121.